The normalized spacial score (nSPS) is 10.5. The largest absolute Gasteiger partial charge is 0.469 e. The molecule has 0 rings (SSSR count). The lowest BCUT2D eigenvalue weighted by Crippen LogP contribution is -2.07. The van der Waals surface area contributed by atoms with Crippen LogP contribution in [0.15, 0.2) is 0 Å². The molecule has 0 radical (unpaired) electrons. The smallest absolute Gasteiger partial charge is 0.305 e. The number of hydrogen-bond donors (Lipinski definition) is 0. The molecule has 0 aliphatic heterocycles. The Bertz CT molecular complexity index is 249. The topological polar surface area (TPSA) is 52.6 Å². The van der Waals surface area contributed by atoms with Crippen LogP contribution in [0.4, 0.5) is 0 Å². The summed E-state index contributed by atoms with van der Waals surface area (Å²) < 4.78 is 9.69. The van der Waals surface area contributed by atoms with Gasteiger partial charge in [-0.25, -0.2) is 0 Å². The number of hydrogen-bond acceptors (Lipinski definition) is 4. The summed E-state index contributed by atoms with van der Waals surface area (Å²) in [4.78, 5) is 22.2. The van der Waals surface area contributed by atoms with Crippen LogP contribution in [-0.2, 0) is 19.1 Å². The summed E-state index contributed by atoms with van der Waals surface area (Å²) in [6, 6.07) is 0. The number of ether oxygens (including phenoxy) is 2. The molecule has 0 aliphatic rings. The number of rotatable bonds is 11. The van der Waals surface area contributed by atoms with E-state index in [1.165, 1.54) is 7.11 Å². The van der Waals surface area contributed by atoms with Crippen LogP contribution >= 0.6 is 0 Å². The van der Waals surface area contributed by atoms with Gasteiger partial charge in [0.1, 0.15) is 0 Å². The highest BCUT2D eigenvalue weighted by Crippen LogP contribution is 2.08. The van der Waals surface area contributed by atoms with Crippen molar-refractivity contribution in [1.29, 1.82) is 0 Å². The average Bonchev–Trinajstić information content (AvgIpc) is 2.36. The summed E-state index contributed by atoms with van der Waals surface area (Å²) in [5.74, 6) is 0.339. The fourth-order valence-electron chi connectivity index (χ4n) is 1.65. The molecule has 0 saturated heterocycles. The maximum Gasteiger partial charge on any atom is 0.305 e. The van der Waals surface area contributed by atoms with Crippen molar-refractivity contribution in [3.63, 3.8) is 0 Å². The summed E-state index contributed by atoms with van der Waals surface area (Å²) in [6.45, 7) is 4.76. The van der Waals surface area contributed by atoms with Gasteiger partial charge in [0, 0.05) is 12.8 Å². The predicted octanol–water partition coefficient (Wildman–Crippen LogP) is 3.48. The zero-order valence-electron chi connectivity index (χ0n) is 12.6. The lowest BCUT2D eigenvalue weighted by molar-refractivity contribution is -0.144. The van der Waals surface area contributed by atoms with Gasteiger partial charge in [-0.3, -0.25) is 9.59 Å². The zero-order valence-corrected chi connectivity index (χ0v) is 12.6. The minimum Gasteiger partial charge on any atom is -0.469 e. The Morgan fingerprint density at radius 1 is 0.895 bits per heavy atom. The minimum atomic E-state index is -0.145. The Kier molecular flexibility index (Phi) is 11.3. The average molecular weight is 272 g/mol. The van der Waals surface area contributed by atoms with Crippen molar-refractivity contribution in [2.45, 2.75) is 65.2 Å². The summed E-state index contributed by atoms with van der Waals surface area (Å²) in [5.41, 5.74) is 0. The van der Waals surface area contributed by atoms with Crippen molar-refractivity contribution < 1.29 is 19.1 Å². The molecule has 19 heavy (non-hydrogen) atoms. The van der Waals surface area contributed by atoms with Gasteiger partial charge in [-0.05, 0) is 25.2 Å². The Morgan fingerprint density at radius 2 is 1.42 bits per heavy atom. The highest BCUT2D eigenvalue weighted by Gasteiger charge is 2.04. The molecule has 112 valence electrons. The fraction of sp³-hybridized carbons (Fsp3) is 0.867. The molecular formula is C15H28O4. The molecule has 0 aromatic carbocycles. The van der Waals surface area contributed by atoms with Crippen molar-refractivity contribution >= 4 is 11.9 Å². The summed E-state index contributed by atoms with van der Waals surface area (Å²) >= 11 is 0. The van der Waals surface area contributed by atoms with E-state index in [-0.39, 0.29) is 11.9 Å². The van der Waals surface area contributed by atoms with E-state index in [4.69, 9.17) is 4.74 Å². The zero-order chi connectivity index (χ0) is 14.5. The number of carbonyl (C=O) groups excluding carboxylic acids is 2. The van der Waals surface area contributed by atoms with Crippen LogP contribution < -0.4 is 0 Å². The third-order valence-corrected chi connectivity index (χ3v) is 2.95. The molecule has 0 aromatic rings. The monoisotopic (exact) mass is 272 g/mol. The number of methoxy groups -OCH3 is 1. The van der Waals surface area contributed by atoms with Crippen LogP contribution in [0.25, 0.3) is 0 Å². The molecular weight excluding hydrogens is 244 g/mol. The highest BCUT2D eigenvalue weighted by molar-refractivity contribution is 5.69. The van der Waals surface area contributed by atoms with Crippen LogP contribution in [0.2, 0.25) is 0 Å². The van der Waals surface area contributed by atoms with Gasteiger partial charge in [-0.2, -0.15) is 0 Å². The van der Waals surface area contributed by atoms with Crippen molar-refractivity contribution in [2.24, 2.45) is 5.92 Å². The molecule has 0 aromatic heterocycles. The van der Waals surface area contributed by atoms with Crippen LogP contribution in [0.1, 0.15) is 65.2 Å². The molecule has 4 heteroatoms. The molecule has 0 aliphatic carbocycles. The maximum atomic E-state index is 11.4. The van der Waals surface area contributed by atoms with Crippen LogP contribution in [0, 0.1) is 5.92 Å². The third kappa shape index (κ3) is 13.2. The molecule has 4 nitrogen and oxygen atoms in total. The van der Waals surface area contributed by atoms with E-state index < -0.39 is 0 Å². The first-order valence-corrected chi connectivity index (χ1v) is 7.28. The first-order valence-electron chi connectivity index (χ1n) is 7.28. The van der Waals surface area contributed by atoms with Crippen molar-refractivity contribution in [2.75, 3.05) is 13.7 Å². The molecule has 0 amide bonds. The lowest BCUT2D eigenvalue weighted by atomic mass is 10.1. The third-order valence-electron chi connectivity index (χ3n) is 2.95. The highest BCUT2D eigenvalue weighted by atomic mass is 16.5. The van der Waals surface area contributed by atoms with E-state index in [2.05, 4.69) is 18.6 Å². The molecule has 0 unspecified atom stereocenters. The van der Waals surface area contributed by atoms with Gasteiger partial charge in [-0.1, -0.05) is 33.1 Å². The Morgan fingerprint density at radius 3 is 1.95 bits per heavy atom. The van der Waals surface area contributed by atoms with Gasteiger partial charge in [0.2, 0.25) is 0 Å². The first-order chi connectivity index (χ1) is 9.06. The van der Waals surface area contributed by atoms with E-state index in [0.717, 1.165) is 38.5 Å². The predicted molar refractivity (Wildman–Crippen MR) is 74.7 cm³/mol. The van der Waals surface area contributed by atoms with Crippen molar-refractivity contribution in [1.82, 2.24) is 0 Å². The Hall–Kier alpha value is -1.06. The van der Waals surface area contributed by atoms with Crippen LogP contribution in [0.3, 0.4) is 0 Å². The molecule has 0 fully saturated rings. The van der Waals surface area contributed by atoms with E-state index >= 15 is 0 Å². The van der Waals surface area contributed by atoms with Crippen LogP contribution in [0.5, 0.6) is 0 Å². The fourth-order valence-corrected chi connectivity index (χ4v) is 1.65. The van der Waals surface area contributed by atoms with Crippen LogP contribution in [-0.4, -0.2) is 25.7 Å². The van der Waals surface area contributed by atoms with E-state index in [0.29, 0.717) is 25.4 Å². The Balaban J connectivity index is 3.25. The van der Waals surface area contributed by atoms with Gasteiger partial charge < -0.3 is 9.47 Å². The Labute approximate surface area is 116 Å². The number of unbranched alkanes of at least 4 members (excludes halogenated alkanes) is 4. The molecule has 0 heterocycles. The number of esters is 2. The van der Waals surface area contributed by atoms with Gasteiger partial charge in [-0.15, -0.1) is 0 Å². The summed E-state index contributed by atoms with van der Waals surface area (Å²) in [6.07, 6.45) is 6.75. The van der Waals surface area contributed by atoms with Gasteiger partial charge in [0.25, 0.3) is 0 Å². The number of carbonyl (C=O) groups is 2. The van der Waals surface area contributed by atoms with E-state index in [1.54, 1.807) is 0 Å². The quantitative estimate of drug-likeness (QED) is 0.427. The molecule has 0 saturated carbocycles. The first kappa shape index (κ1) is 17.9. The molecule has 0 bridgehead atoms. The molecule has 0 N–H and O–H groups in total. The van der Waals surface area contributed by atoms with E-state index in [1.807, 2.05) is 0 Å². The van der Waals surface area contributed by atoms with Crippen molar-refractivity contribution in [3.05, 3.63) is 0 Å². The second kappa shape index (κ2) is 12.0. The van der Waals surface area contributed by atoms with Gasteiger partial charge >= 0.3 is 11.9 Å². The summed E-state index contributed by atoms with van der Waals surface area (Å²) in [7, 11) is 1.41. The maximum absolute atomic E-state index is 11.4. The molecule has 0 atom stereocenters. The SMILES string of the molecule is COC(=O)CCCCCCCC(=O)OCCC(C)C. The van der Waals surface area contributed by atoms with Crippen molar-refractivity contribution in [3.8, 4) is 0 Å². The molecule has 0 spiro atoms. The van der Waals surface area contributed by atoms with E-state index in [9.17, 15) is 9.59 Å². The second-order valence-corrected chi connectivity index (χ2v) is 5.25. The second-order valence-electron chi connectivity index (χ2n) is 5.25. The minimum absolute atomic E-state index is 0.0878. The lowest BCUT2D eigenvalue weighted by Gasteiger charge is -2.06. The standard InChI is InChI=1S/C15H28O4/c1-13(2)11-12-19-15(17)10-8-6-4-5-7-9-14(16)18-3/h13H,4-12H2,1-3H3. The van der Waals surface area contributed by atoms with Gasteiger partial charge in [0.15, 0.2) is 0 Å². The van der Waals surface area contributed by atoms with Gasteiger partial charge in [0.05, 0.1) is 13.7 Å². The summed E-state index contributed by atoms with van der Waals surface area (Å²) in [5, 5.41) is 0.